The number of fused-ring (bicyclic) bond motifs is 2. The van der Waals surface area contributed by atoms with E-state index in [1.165, 1.54) is 6.07 Å². The largest absolute Gasteiger partial charge is 0.550 e. The van der Waals surface area contributed by atoms with E-state index in [4.69, 9.17) is 0 Å². The summed E-state index contributed by atoms with van der Waals surface area (Å²) in [6.07, 6.45) is 2.51. The molecular formula is C16H17FNO3-. The highest BCUT2D eigenvalue weighted by Crippen LogP contribution is 2.52. The predicted octanol–water partition coefficient (Wildman–Crippen LogP) is 1.48. The van der Waals surface area contributed by atoms with E-state index in [9.17, 15) is 19.1 Å². The number of carboxylic acid groups (broad SMARTS) is 1. The van der Waals surface area contributed by atoms with Crippen LogP contribution in [0.4, 0.5) is 10.1 Å². The summed E-state index contributed by atoms with van der Waals surface area (Å²) in [6, 6.07) is 4.47. The summed E-state index contributed by atoms with van der Waals surface area (Å²) in [7, 11) is 0. The maximum atomic E-state index is 13.5. The van der Waals surface area contributed by atoms with Crippen LogP contribution in [0.5, 0.6) is 0 Å². The van der Waals surface area contributed by atoms with Crippen LogP contribution in [-0.4, -0.2) is 11.9 Å². The molecule has 2 aliphatic carbocycles. The number of carboxylic acids is 1. The first-order chi connectivity index (χ1) is 9.97. The highest BCUT2D eigenvalue weighted by atomic mass is 19.1. The Kier molecular flexibility index (Phi) is 3.43. The van der Waals surface area contributed by atoms with Gasteiger partial charge in [0.25, 0.3) is 0 Å². The third-order valence-corrected chi connectivity index (χ3v) is 4.93. The number of hydrogen-bond donors (Lipinski definition) is 1. The summed E-state index contributed by atoms with van der Waals surface area (Å²) in [5.41, 5.74) is 0.864. The zero-order valence-electron chi connectivity index (χ0n) is 11.8. The van der Waals surface area contributed by atoms with Gasteiger partial charge in [0.05, 0.1) is 0 Å². The van der Waals surface area contributed by atoms with E-state index in [0.29, 0.717) is 11.3 Å². The van der Waals surface area contributed by atoms with Crippen LogP contribution < -0.4 is 10.4 Å². The number of carbonyl (C=O) groups is 2. The molecule has 0 heterocycles. The molecule has 3 rings (SSSR count). The molecule has 4 nitrogen and oxygen atoms in total. The lowest BCUT2D eigenvalue weighted by Crippen LogP contribution is -2.43. The van der Waals surface area contributed by atoms with Gasteiger partial charge in [-0.05, 0) is 55.7 Å². The molecule has 0 saturated heterocycles. The number of halogens is 1. The zero-order chi connectivity index (χ0) is 15.1. The molecule has 2 saturated carbocycles. The minimum atomic E-state index is -1.14. The summed E-state index contributed by atoms with van der Waals surface area (Å²) >= 11 is 0. The lowest BCUT2D eigenvalue weighted by molar-refractivity contribution is -0.314. The standard InChI is InChI=1S/C16H18FNO3/c1-8-2-5-11(7-12(8)17)18-15(19)13-9-3-4-10(6-9)14(13)16(20)21/h2,5,7,9-10,13-14H,3-4,6H2,1H3,(H,18,19)(H,20,21)/p-1/t9-,10+,13+,14+/m1/s1. The molecule has 0 aromatic heterocycles. The van der Waals surface area contributed by atoms with E-state index in [1.54, 1.807) is 19.1 Å². The molecule has 2 aliphatic rings. The van der Waals surface area contributed by atoms with Crippen molar-refractivity contribution >= 4 is 17.6 Å². The number of carbonyl (C=O) groups excluding carboxylic acids is 2. The molecule has 4 atom stereocenters. The summed E-state index contributed by atoms with van der Waals surface area (Å²) in [5, 5.41) is 14.0. The van der Waals surface area contributed by atoms with Gasteiger partial charge in [-0.3, -0.25) is 4.79 Å². The molecule has 5 heteroatoms. The SMILES string of the molecule is Cc1ccc(NC(=O)[C@H]2[C@@H]3CC[C@@H](C3)[C@@H]2C(=O)[O-])cc1F. The third kappa shape index (κ3) is 2.41. The number of hydrogen-bond acceptors (Lipinski definition) is 3. The fraction of sp³-hybridized carbons (Fsp3) is 0.500. The molecular weight excluding hydrogens is 273 g/mol. The second-order valence-electron chi connectivity index (χ2n) is 6.16. The Bertz CT molecular complexity index is 601. The first-order valence-electron chi connectivity index (χ1n) is 7.25. The van der Waals surface area contributed by atoms with Crippen LogP contribution in [0.1, 0.15) is 24.8 Å². The Morgan fingerprint density at radius 2 is 1.90 bits per heavy atom. The number of aryl methyl sites for hydroxylation is 1. The number of benzene rings is 1. The minimum Gasteiger partial charge on any atom is -0.550 e. The average molecular weight is 290 g/mol. The van der Waals surface area contributed by atoms with Crippen molar-refractivity contribution in [2.75, 3.05) is 5.32 Å². The van der Waals surface area contributed by atoms with Crippen molar-refractivity contribution in [1.82, 2.24) is 0 Å². The Morgan fingerprint density at radius 3 is 2.52 bits per heavy atom. The molecule has 112 valence electrons. The number of rotatable bonds is 3. The van der Waals surface area contributed by atoms with Crippen LogP contribution in [-0.2, 0) is 9.59 Å². The van der Waals surface area contributed by atoms with E-state index in [0.717, 1.165) is 19.3 Å². The van der Waals surface area contributed by atoms with Crippen LogP contribution in [0, 0.1) is 36.4 Å². The van der Waals surface area contributed by atoms with Gasteiger partial charge in [0.1, 0.15) is 5.82 Å². The van der Waals surface area contributed by atoms with Crippen LogP contribution in [0.2, 0.25) is 0 Å². The summed E-state index contributed by atoms with van der Waals surface area (Å²) in [6.45, 7) is 1.64. The van der Waals surface area contributed by atoms with E-state index < -0.39 is 23.6 Å². The Hall–Kier alpha value is -1.91. The second kappa shape index (κ2) is 5.13. The van der Waals surface area contributed by atoms with Crippen molar-refractivity contribution in [3.05, 3.63) is 29.6 Å². The molecule has 21 heavy (non-hydrogen) atoms. The molecule has 0 spiro atoms. The van der Waals surface area contributed by atoms with E-state index in [2.05, 4.69) is 5.32 Å². The summed E-state index contributed by atoms with van der Waals surface area (Å²) in [4.78, 5) is 23.7. The van der Waals surface area contributed by atoms with Gasteiger partial charge in [-0.15, -0.1) is 0 Å². The molecule has 1 N–H and O–H groups in total. The van der Waals surface area contributed by atoms with Crippen LogP contribution in [0.3, 0.4) is 0 Å². The number of aliphatic carboxylic acids is 1. The first-order valence-corrected chi connectivity index (χ1v) is 7.25. The zero-order valence-corrected chi connectivity index (χ0v) is 11.8. The highest BCUT2D eigenvalue weighted by Gasteiger charge is 2.51. The van der Waals surface area contributed by atoms with Crippen molar-refractivity contribution in [2.45, 2.75) is 26.2 Å². The lowest BCUT2D eigenvalue weighted by Gasteiger charge is -2.30. The number of anilines is 1. The maximum absolute atomic E-state index is 13.5. The van der Waals surface area contributed by atoms with Gasteiger partial charge in [0, 0.05) is 23.5 Å². The monoisotopic (exact) mass is 290 g/mol. The van der Waals surface area contributed by atoms with E-state index in [1.807, 2.05) is 0 Å². The van der Waals surface area contributed by atoms with Gasteiger partial charge in [-0.25, -0.2) is 4.39 Å². The van der Waals surface area contributed by atoms with Crippen LogP contribution in [0.25, 0.3) is 0 Å². The van der Waals surface area contributed by atoms with Crippen LogP contribution in [0.15, 0.2) is 18.2 Å². The van der Waals surface area contributed by atoms with Gasteiger partial charge >= 0.3 is 0 Å². The Morgan fingerprint density at radius 1 is 1.24 bits per heavy atom. The van der Waals surface area contributed by atoms with Crippen molar-refractivity contribution < 1.29 is 19.1 Å². The van der Waals surface area contributed by atoms with Gasteiger partial charge in [-0.1, -0.05) is 6.07 Å². The normalized spacial score (nSPS) is 30.4. The molecule has 1 aromatic carbocycles. The first kappa shape index (κ1) is 14.0. The molecule has 2 fully saturated rings. The topological polar surface area (TPSA) is 69.2 Å². The molecule has 2 bridgehead atoms. The molecule has 1 aromatic rings. The van der Waals surface area contributed by atoms with Gasteiger partial charge < -0.3 is 15.2 Å². The van der Waals surface area contributed by atoms with E-state index in [-0.39, 0.29) is 17.7 Å². The highest BCUT2D eigenvalue weighted by molar-refractivity contribution is 5.95. The minimum absolute atomic E-state index is 0.0468. The summed E-state index contributed by atoms with van der Waals surface area (Å²) in [5.74, 6) is -2.98. The molecule has 0 unspecified atom stereocenters. The molecule has 0 radical (unpaired) electrons. The third-order valence-electron chi connectivity index (χ3n) is 4.93. The lowest BCUT2D eigenvalue weighted by atomic mass is 9.78. The van der Waals surface area contributed by atoms with Gasteiger partial charge in [0.2, 0.25) is 5.91 Å². The van der Waals surface area contributed by atoms with Crippen molar-refractivity contribution in [3.63, 3.8) is 0 Å². The summed E-state index contributed by atoms with van der Waals surface area (Å²) < 4.78 is 13.5. The average Bonchev–Trinajstić information content (AvgIpc) is 3.03. The quantitative estimate of drug-likeness (QED) is 0.917. The van der Waals surface area contributed by atoms with Gasteiger partial charge in [0.15, 0.2) is 0 Å². The predicted molar refractivity (Wildman–Crippen MR) is 72.6 cm³/mol. The number of nitrogens with one attached hydrogen (secondary N) is 1. The van der Waals surface area contributed by atoms with Gasteiger partial charge in [-0.2, -0.15) is 0 Å². The molecule has 0 aliphatic heterocycles. The Balaban J connectivity index is 1.78. The maximum Gasteiger partial charge on any atom is 0.228 e. The Labute approximate surface area is 122 Å². The smallest absolute Gasteiger partial charge is 0.228 e. The van der Waals surface area contributed by atoms with Crippen LogP contribution >= 0.6 is 0 Å². The van der Waals surface area contributed by atoms with Crippen molar-refractivity contribution in [3.8, 4) is 0 Å². The molecule has 1 amide bonds. The van der Waals surface area contributed by atoms with Crippen molar-refractivity contribution in [1.29, 1.82) is 0 Å². The van der Waals surface area contributed by atoms with Crippen molar-refractivity contribution in [2.24, 2.45) is 23.7 Å². The fourth-order valence-corrected chi connectivity index (χ4v) is 3.90. The number of amides is 1. The van der Waals surface area contributed by atoms with E-state index >= 15 is 0 Å². The fourth-order valence-electron chi connectivity index (χ4n) is 3.90. The second-order valence-corrected chi connectivity index (χ2v) is 6.16.